The maximum absolute atomic E-state index is 13.1. The highest BCUT2D eigenvalue weighted by atomic mass is 16.5. The molecule has 1 aliphatic carbocycles. The number of ketones is 2. The number of hydrogen-bond acceptors (Lipinski definition) is 4. The van der Waals surface area contributed by atoms with Crippen LogP contribution >= 0.6 is 0 Å². The highest BCUT2D eigenvalue weighted by molar-refractivity contribution is 6.12. The van der Waals surface area contributed by atoms with E-state index in [4.69, 9.17) is 9.47 Å². The van der Waals surface area contributed by atoms with Gasteiger partial charge in [0.1, 0.15) is 24.7 Å². The number of ether oxygens (including phenoxy) is 2. The van der Waals surface area contributed by atoms with Crippen molar-refractivity contribution in [2.75, 3.05) is 6.61 Å². The Labute approximate surface area is 152 Å². The number of benzene rings is 2. The van der Waals surface area contributed by atoms with Crippen LogP contribution in [0.2, 0.25) is 0 Å². The highest BCUT2D eigenvalue weighted by Gasteiger charge is 2.50. The molecule has 0 saturated carbocycles. The molecule has 0 aromatic heterocycles. The molecule has 4 heteroatoms. The van der Waals surface area contributed by atoms with Gasteiger partial charge >= 0.3 is 0 Å². The molecule has 1 spiro atoms. The smallest absolute Gasteiger partial charge is 0.180 e. The SMILES string of the molecule is CC(=O)C1=CCCC12COc1cc(OCc3ccccc3)ccc1C2=O. The Morgan fingerprint density at radius 1 is 1.19 bits per heavy atom. The summed E-state index contributed by atoms with van der Waals surface area (Å²) in [7, 11) is 0. The molecule has 2 aliphatic rings. The number of hydrogen-bond donors (Lipinski definition) is 0. The summed E-state index contributed by atoms with van der Waals surface area (Å²) < 4.78 is 11.7. The molecule has 2 aromatic carbocycles. The largest absolute Gasteiger partial charge is 0.491 e. The van der Waals surface area contributed by atoms with Crippen molar-refractivity contribution in [1.29, 1.82) is 0 Å². The second-order valence-corrected chi connectivity index (χ2v) is 6.84. The van der Waals surface area contributed by atoms with Crippen LogP contribution in [0.3, 0.4) is 0 Å². The minimum absolute atomic E-state index is 0.0210. The third kappa shape index (κ3) is 2.71. The Morgan fingerprint density at radius 3 is 2.77 bits per heavy atom. The lowest BCUT2D eigenvalue weighted by Crippen LogP contribution is -2.42. The maximum atomic E-state index is 13.1. The van der Waals surface area contributed by atoms with Gasteiger partial charge in [-0.25, -0.2) is 0 Å². The first-order valence-corrected chi connectivity index (χ1v) is 8.80. The normalized spacial score (nSPS) is 21.1. The first kappa shape index (κ1) is 16.6. The zero-order chi connectivity index (χ0) is 18.1. The molecule has 26 heavy (non-hydrogen) atoms. The average molecular weight is 348 g/mol. The van der Waals surface area contributed by atoms with Crippen LogP contribution in [0.15, 0.2) is 60.2 Å². The van der Waals surface area contributed by atoms with Crippen LogP contribution < -0.4 is 9.47 Å². The molecule has 1 atom stereocenters. The zero-order valence-corrected chi connectivity index (χ0v) is 14.7. The Balaban J connectivity index is 1.56. The minimum atomic E-state index is -0.814. The Hall–Kier alpha value is -2.88. The quantitative estimate of drug-likeness (QED) is 0.833. The molecular formula is C22H20O4. The van der Waals surface area contributed by atoms with E-state index in [1.54, 1.807) is 18.2 Å². The summed E-state index contributed by atoms with van der Waals surface area (Å²) in [5.74, 6) is 1.11. The molecule has 1 heterocycles. The topological polar surface area (TPSA) is 52.6 Å². The van der Waals surface area contributed by atoms with Crippen molar-refractivity contribution in [3.8, 4) is 11.5 Å². The molecule has 132 valence electrons. The molecule has 4 nitrogen and oxygen atoms in total. The molecule has 0 saturated heterocycles. The molecule has 0 bridgehead atoms. The van der Waals surface area contributed by atoms with Crippen LogP contribution in [0.1, 0.15) is 35.7 Å². The van der Waals surface area contributed by atoms with Crippen LogP contribution in [-0.2, 0) is 11.4 Å². The number of fused-ring (bicyclic) bond motifs is 1. The molecule has 1 unspecified atom stereocenters. The fourth-order valence-electron chi connectivity index (χ4n) is 3.82. The van der Waals surface area contributed by atoms with Gasteiger partial charge in [-0.1, -0.05) is 36.4 Å². The first-order valence-electron chi connectivity index (χ1n) is 8.80. The predicted molar refractivity (Wildman–Crippen MR) is 97.5 cm³/mol. The summed E-state index contributed by atoms with van der Waals surface area (Å²) >= 11 is 0. The van der Waals surface area contributed by atoms with E-state index in [9.17, 15) is 9.59 Å². The van der Waals surface area contributed by atoms with Crippen LogP contribution in [-0.4, -0.2) is 18.2 Å². The van der Waals surface area contributed by atoms with Gasteiger partial charge in [0.2, 0.25) is 0 Å². The van der Waals surface area contributed by atoms with Crippen LogP contribution in [0.4, 0.5) is 0 Å². The number of carbonyl (C=O) groups excluding carboxylic acids is 2. The number of allylic oxidation sites excluding steroid dienone is 1. The Kier molecular flexibility index (Phi) is 4.11. The van der Waals surface area contributed by atoms with Crippen molar-refractivity contribution < 1.29 is 19.1 Å². The van der Waals surface area contributed by atoms with Gasteiger partial charge in [0.05, 0.1) is 11.0 Å². The van der Waals surface area contributed by atoms with Gasteiger partial charge in [-0.2, -0.15) is 0 Å². The monoisotopic (exact) mass is 348 g/mol. The van der Waals surface area contributed by atoms with Gasteiger partial charge < -0.3 is 9.47 Å². The fraction of sp³-hybridized carbons (Fsp3) is 0.273. The van der Waals surface area contributed by atoms with Crippen molar-refractivity contribution in [3.63, 3.8) is 0 Å². The maximum Gasteiger partial charge on any atom is 0.180 e. The summed E-state index contributed by atoms with van der Waals surface area (Å²) in [5.41, 5.74) is 1.38. The first-order chi connectivity index (χ1) is 12.6. The van der Waals surface area contributed by atoms with E-state index in [1.807, 2.05) is 36.4 Å². The summed E-state index contributed by atoms with van der Waals surface area (Å²) in [4.78, 5) is 25.1. The summed E-state index contributed by atoms with van der Waals surface area (Å²) in [6.45, 7) is 2.18. The fourth-order valence-corrected chi connectivity index (χ4v) is 3.82. The van der Waals surface area contributed by atoms with Crippen molar-refractivity contribution in [2.45, 2.75) is 26.4 Å². The van der Waals surface area contributed by atoms with E-state index in [2.05, 4.69) is 0 Å². The third-order valence-corrected chi connectivity index (χ3v) is 5.17. The van der Waals surface area contributed by atoms with Crippen LogP contribution in [0.5, 0.6) is 11.5 Å². The molecular weight excluding hydrogens is 328 g/mol. The molecule has 0 fully saturated rings. The predicted octanol–water partition coefficient (Wildman–Crippen LogP) is 4.14. The zero-order valence-electron chi connectivity index (χ0n) is 14.7. The van der Waals surface area contributed by atoms with Gasteiger partial charge in [-0.3, -0.25) is 9.59 Å². The molecule has 1 aliphatic heterocycles. The molecule has 0 amide bonds. The van der Waals surface area contributed by atoms with E-state index in [0.29, 0.717) is 35.7 Å². The van der Waals surface area contributed by atoms with Crippen LogP contribution in [0.25, 0.3) is 0 Å². The van der Waals surface area contributed by atoms with Crippen molar-refractivity contribution >= 4 is 11.6 Å². The molecule has 0 radical (unpaired) electrons. The summed E-state index contributed by atoms with van der Waals surface area (Å²) in [6.07, 6.45) is 3.25. The number of carbonyl (C=O) groups is 2. The molecule has 4 rings (SSSR count). The van der Waals surface area contributed by atoms with Crippen molar-refractivity contribution in [3.05, 3.63) is 71.3 Å². The molecule has 0 N–H and O–H groups in total. The Morgan fingerprint density at radius 2 is 2.00 bits per heavy atom. The van der Waals surface area contributed by atoms with Gasteiger partial charge in [0, 0.05) is 11.6 Å². The third-order valence-electron chi connectivity index (χ3n) is 5.17. The number of Topliss-reactive ketones (excluding diaryl/α,β-unsaturated/α-hetero) is 2. The Bertz CT molecular complexity index is 898. The second kappa shape index (κ2) is 6.45. The highest BCUT2D eigenvalue weighted by Crippen LogP contribution is 2.47. The lowest BCUT2D eigenvalue weighted by Gasteiger charge is -2.34. The van der Waals surface area contributed by atoms with Crippen molar-refractivity contribution in [1.82, 2.24) is 0 Å². The lowest BCUT2D eigenvalue weighted by molar-refractivity contribution is -0.114. The summed E-state index contributed by atoms with van der Waals surface area (Å²) in [6, 6.07) is 15.2. The molecule has 2 aromatic rings. The van der Waals surface area contributed by atoms with E-state index in [0.717, 1.165) is 12.0 Å². The van der Waals surface area contributed by atoms with E-state index >= 15 is 0 Å². The second-order valence-electron chi connectivity index (χ2n) is 6.84. The minimum Gasteiger partial charge on any atom is -0.491 e. The average Bonchev–Trinajstić information content (AvgIpc) is 3.09. The van der Waals surface area contributed by atoms with Gasteiger partial charge in [-0.15, -0.1) is 0 Å². The van der Waals surface area contributed by atoms with E-state index < -0.39 is 5.41 Å². The van der Waals surface area contributed by atoms with Gasteiger partial charge in [0.25, 0.3) is 0 Å². The number of rotatable bonds is 4. The van der Waals surface area contributed by atoms with Crippen molar-refractivity contribution in [2.24, 2.45) is 5.41 Å². The standard InChI is InChI=1S/C22H20O4/c1-15(23)19-8-5-11-22(19)14-26-20-12-17(9-10-18(20)21(22)24)25-13-16-6-3-2-4-7-16/h2-4,6-10,12H,5,11,13-14H2,1H3. The van der Waals surface area contributed by atoms with E-state index in [-0.39, 0.29) is 18.2 Å². The van der Waals surface area contributed by atoms with Gasteiger partial charge in [-0.05, 0) is 37.5 Å². The lowest BCUT2D eigenvalue weighted by atomic mass is 9.73. The summed E-state index contributed by atoms with van der Waals surface area (Å²) in [5, 5.41) is 0. The van der Waals surface area contributed by atoms with E-state index in [1.165, 1.54) is 6.92 Å². The van der Waals surface area contributed by atoms with Gasteiger partial charge in [0.15, 0.2) is 11.6 Å². The van der Waals surface area contributed by atoms with Crippen LogP contribution in [0, 0.1) is 5.41 Å².